The van der Waals surface area contributed by atoms with Crippen LogP contribution in [0.25, 0.3) is 42.4 Å². The van der Waals surface area contributed by atoms with Gasteiger partial charge in [0.25, 0.3) is 0 Å². The van der Waals surface area contributed by atoms with Crippen molar-refractivity contribution in [1.29, 1.82) is 0 Å². The van der Waals surface area contributed by atoms with Crippen LogP contribution in [0.5, 0.6) is 0 Å². The number of hydrogen-bond acceptors (Lipinski definition) is 4. The molecule has 6 aromatic carbocycles. The molecule has 1 heterocycles. The van der Waals surface area contributed by atoms with Gasteiger partial charge in [-0.2, -0.15) is 0 Å². The molecule has 0 unspecified atom stereocenters. The molecule has 2 N–H and O–H groups in total. The van der Waals surface area contributed by atoms with Gasteiger partial charge in [0.05, 0.1) is 0 Å². The number of nitrogens with zero attached hydrogens (tertiary/aromatic N) is 1. The lowest BCUT2D eigenvalue weighted by atomic mass is 9.80. The molecule has 0 saturated carbocycles. The van der Waals surface area contributed by atoms with Gasteiger partial charge in [-0.25, -0.2) is 0 Å². The minimum absolute atomic E-state index is 0.120. The average molecular weight is 588 g/mol. The molecule has 8 rings (SSSR count). The number of thiophene rings is 1. The van der Waals surface area contributed by atoms with Crippen LogP contribution in [0.4, 0.5) is 17.1 Å². The fraction of sp³-hybridized carbons (Fsp3) is 0.0769. The zero-order valence-electron chi connectivity index (χ0n) is 24.5. The van der Waals surface area contributed by atoms with Crippen LogP contribution in [-0.2, 0) is 5.41 Å². The van der Waals surface area contributed by atoms with E-state index in [4.69, 9.17) is 0 Å². The Morgan fingerprint density at radius 1 is 0.568 bits per heavy atom. The van der Waals surface area contributed by atoms with Gasteiger partial charge >= 0.3 is 7.12 Å². The van der Waals surface area contributed by atoms with Crippen LogP contribution in [0, 0.1) is 0 Å². The molecule has 212 valence electrons. The van der Waals surface area contributed by atoms with Crippen molar-refractivity contribution in [1.82, 2.24) is 0 Å². The second kappa shape index (κ2) is 10.2. The molecule has 0 saturated heterocycles. The molecule has 5 heteroatoms. The molecule has 3 nitrogen and oxygen atoms in total. The van der Waals surface area contributed by atoms with Crippen molar-refractivity contribution in [3.63, 3.8) is 0 Å². The minimum atomic E-state index is -1.51. The maximum atomic E-state index is 9.74. The van der Waals surface area contributed by atoms with Crippen LogP contribution in [0.3, 0.4) is 0 Å². The quantitative estimate of drug-likeness (QED) is 0.197. The highest BCUT2D eigenvalue weighted by Gasteiger charge is 2.35. The van der Waals surface area contributed by atoms with Gasteiger partial charge in [-0.3, -0.25) is 0 Å². The largest absolute Gasteiger partial charge is 0.488 e. The van der Waals surface area contributed by atoms with Crippen LogP contribution in [0.2, 0.25) is 0 Å². The lowest BCUT2D eigenvalue weighted by molar-refractivity contribution is 0.426. The highest BCUT2D eigenvalue weighted by atomic mass is 32.1. The van der Waals surface area contributed by atoms with Crippen molar-refractivity contribution >= 4 is 61.2 Å². The molecule has 44 heavy (non-hydrogen) atoms. The molecule has 0 aliphatic heterocycles. The van der Waals surface area contributed by atoms with E-state index in [9.17, 15) is 10.0 Å². The number of anilines is 3. The van der Waals surface area contributed by atoms with E-state index < -0.39 is 7.12 Å². The van der Waals surface area contributed by atoms with E-state index in [1.807, 2.05) is 23.5 Å². The van der Waals surface area contributed by atoms with Crippen LogP contribution in [0.1, 0.15) is 25.0 Å². The zero-order chi connectivity index (χ0) is 30.0. The third-order valence-electron chi connectivity index (χ3n) is 9.12. The fourth-order valence-corrected chi connectivity index (χ4v) is 8.08. The first-order valence-electron chi connectivity index (χ1n) is 14.9. The molecule has 0 fully saturated rings. The Hall–Kier alpha value is -4.68. The lowest BCUT2D eigenvalue weighted by Crippen LogP contribution is -2.29. The summed E-state index contributed by atoms with van der Waals surface area (Å²) in [5.41, 5.74) is 11.0. The predicted molar refractivity (Wildman–Crippen MR) is 187 cm³/mol. The molecule has 0 atom stereocenters. The number of benzene rings is 6. The van der Waals surface area contributed by atoms with Crippen LogP contribution in [0.15, 0.2) is 133 Å². The summed E-state index contributed by atoms with van der Waals surface area (Å²) in [5, 5.41) is 22.1. The van der Waals surface area contributed by atoms with E-state index in [2.05, 4.69) is 128 Å². The molecule has 0 amide bonds. The normalized spacial score (nSPS) is 13.2. The number of hydrogen-bond donors (Lipinski definition) is 2. The first-order chi connectivity index (χ1) is 21.4. The Morgan fingerprint density at radius 3 is 1.95 bits per heavy atom. The van der Waals surface area contributed by atoms with E-state index in [1.54, 1.807) is 12.1 Å². The molecular formula is C39H30BNO2S. The summed E-state index contributed by atoms with van der Waals surface area (Å²) in [6.07, 6.45) is 0. The number of fused-ring (bicyclic) bond motifs is 6. The second-order valence-electron chi connectivity index (χ2n) is 12.0. The molecule has 1 aliphatic rings. The van der Waals surface area contributed by atoms with E-state index >= 15 is 0 Å². The summed E-state index contributed by atoms with van der Waals surface area (Å²) < 4.78 is 2.60. The van der Waals surface area contributed by atoms with Crippen LogP contribution >= 0.6 is 11.3 Å². The third-order valence-corrected chi connectivity index (χ3v) is 10.3. The first-order valence-corrected chi connectivity index (χ1v) is 15.7. The summed E-state index contributed by atoms with van der Waals surface area (Å²) in [5.74, 6) is 0. The summed E-state index contributed by atoms with van der Waals surface area (Å²) in [7, 11) is -1.51. The highest BCUT2D eigenvalue weighted by Crippen LogP contribution is 2.50. The Balaban J connectivity index is 1.25. The Labute approximate surface area is 261 Å². The maximum Gasteiger partial charge on any atom is 0.488 e. The third kappa shape index (κ3) is 4.20. The van der Waals surface area contributed by atoms with Gasteiger partial charge in [0.1, 0.15) is 0 Å². The summed E-state index contributed by atoms with van der Waals surface area (Å²) in [6.45, 7) is 4.60. The minimum Gasteiger partial charge on any atom is -0.423 e. The monoisotopic (exact) mass is 587 g/mol. The molecule has 0 spiro atoms. The van der Waals surface area contributed by atoms with Gasteiger partial charge in [0.2, 0.25) is 0 Å². The molecule has 7 aromatic rings. The van der Waals surface area contributed by atoms with Crippen molar-refractivity contribution in [3.05, 3.63) is 145 Å². The molecule has 0 radical (unpaired) electrons. The summed E-state index contributed by atoms with van der Waals surface area (Å²) >= 11 is 1.85. The Kier molecular flexibility index (Phi) is 6.24. The highest BCUT2D eigenvalue weighted by molar-refractivity contribution is 7.26. The lowest BCUT2D eigenvalue weighted by Gasteiger charge is -2.28. The van der Waals surface area contributed by atoms with E-state index in [0.717, 1.165) is 17.1 Å². The maximum absolute atomic E-state index is 9.74. The van der Waals surface area contributed by atoms with E-state index in [1.165, 1.54) is 53.6 Å². The molecular weight excluding hydrogens is 557 g/mol. The first kappa shape index (κ1) is 26.9. The predicted octanol–water partition coefficient (Wildman–Crippen LogP) is 9.18. The number of rotatable bonds is 5. The van der Waals surface area contributed by atoms with Crippen molar-refractivity contribution in [2.75, 3.05) is 4.90 Å². The molecule has 1 aliphatic carbocycles. The smallest absolute Gasteiger partial charge is 0.423 e. The van der Waals surface area contributed by atoms with Crippen molar-refractivity contribution in [3.8, 4) is 22.3 Å². The summed E-state index contributed by atoms with van der Waals surface area (Å²) in [6, 6.07) is 46.9. The van der Waals surface area contributed by atoms with Gasteiger partial charge in [-0.1, -0.05) is 105 Å². The SMILES string of the molecule is CC1(C)c2ccccc2-c2ccc(N(c3ccc(B(O)O)cc3)c3ccc(-c4cccc5c4sc4ccccc45)cc3)cc21. The fourth-order valence-electron chi connectivity index (χ4n) is 6.84. The van der Waals surface area contributed by atoms with Crippen molar-refractivity contribution in [2.45, 2.75) is 19.3 Å². The van der Waals surface area contributed by atoms with Crippen molar-refractivity contribution < 1.29 is 10.0 Å². The van der Waals surface area contributed by atoms with Gasteiger partial charge in [-0.05, 0) is 81.3 Å². The van der Waals surface area contributed by atoms with E-state index in [-0.39, 0.29) is 5.41 Å². The van der Waals surface area contributed by atoms with Crippen LogP contribution in [-0.4, -0.2) is 17.2 Å². The Morgan fingerprint density at radius 2 is 1.18 bits per heavy atom. The van der Waals surface area contributed by atoms with Gasteiger partial charge in [-0.15, -0.1) is 11.3 Å². The topological polar surface area (TPSA) is 43.7 Å². The van der Waals surface area contributed by atoms with Gasteiger partial charge in [0.15, 0.2) is 0 Å². The molecule has 1 aromatic heterocycles. The standard InChI is InChI=1S/C39H30BNO2S/c1-39(2)35-12-5-3-8-31(35)32-23-22-29(24-36(32)39)41(28-20-16-26(17-21-28)40(42)43)27-18-14-25(15-19-27)30-10-7-11-34-33-9-4-6-13-37(33)44-38(30)34/h3-24,42-43H,1-2H3. The summed E-state index contributed by atoms with van der Waals surface area (Å²) in [4.78, 5) is 2.25. The van der Waals surface area contributed by atoms with Gasteiger partial charge < -0.3 is 14.9 Å². The van der Waals surface area contributed by atoms with E-state index in [0.29, 0.717) is 5.46 Å². The van der Waals surface area contributed by atoms with Crippen molar-refractivity contribution in [2.24, 2.45) is 0 Å². The molecule has 0 bridgehead atoms. The average Bonchev–Trinajstić information content (AvgIpc) is 3.54. The van der Waals surface area contributed by atoms with Crippen LogP contribution < -0.4 is 10.4 Å². The Bertz CT molecular complexity index is 2180. The van der Waals surface area contributed by atoms with Gasteiger partial charge in [0, 0.05) is 42.6 Å². The second-order valence-corrected chi connectivity index (χ2v) is 13.1. The zero-order valence-corrected chi connectivity index (χ0v) is 25.3.